The first-order chi connectivity index (χ1) is 7.58. The molecule has 3 nitrogen and oxygen atoms in total. The van der Waals surface area contributed by atoms with Crippen molar-refractivity contribution in [1.29, 1.82) is 0 Å². The zero-order valence-electron chi connectivity index (χ0n) is 10.4. The van der Waals surface area contributed by atoms with Crippen LogP contribution in [0, 0.1) is 5.41 Å². The van der Waals surface area contributed by atoms with E-state index in [4.69, 9.17) is 0 Å². The Kier molecular flexibility index (Phi) is 4.90. The maximum Gasteiger partial charge on any atom is 0.0577 e. The van der Waals surface area contributed by atoms with Crippen LogP contribution in [0.4, 0.5) is 0 Å². The van der Waals surface area contributed by atoms with E-state index >= 15 is 0 Å². The van der Waals surface area contributed by atoms with E-state index in [9.17, 15) is 5.11 Å². The predicted molar refractivity (Wildman–Crippen MR) is 66.0 cm³/mol. The third-order valence-corrected chi connectivity index (χ3v) is 3.40. The second-order valence-corrected chi connectivity index (χ2v) is 4.65. The number of aromatic nitrogens is 1. The molecule has 2 atom stereocenters. The van der Waals surface area contributed by atoms with Gasteiger partial charge in [-0.15, -0.1) is 0 Å². The van der Waals surface area contributed by atoms with E-state index in [-0.39, 0.29) is 11.5 Å². The van der Waals surface area contributed by atoms with Crippen molar-refractivity contribution in [2.24, 2.45) is 5.41 Å². The number of nitrogens with zero attached hydrogens (tertiary/aromatic N) is 1. The summed E-state index contributed by atoms with van der Waals surface area (Å²) in [5.74, 6) is 0. The highest BCUT2D eigenvalue weighted by Crippen LogP contribution is 2.24. The number of rotatable bonds is 6. The summed E-state index contributed by atoms with van der Waals surface area (Å²) < 4.78 is 0. The van der Waals surface area contributed by atoms with Crippen molar-refractivity contribution in [2.45, 2.75) is 39.8 Å². The van der Waals surface area contributed by atoms with Gasteiger partial charge in [-0.05, 0) is 25.0 Å². The van der Waals surface area contributed by atoms with Gasteiger partial charge in [0, 0.05) is 30.9 Å². The number of hydrogen-bond donors (Lipinski definition) is 2. The van der Waals surface area contributed by atoms with Gasteiger partial charge in [0.25, 0.3) is 0 Å². The minimum absolute atomic E-state index is 0.0534. The van der Waals surface area contributed by atoms with Crippen LogP contribution in [0.3, 0.4) is 0 Å². The van der Waals surface area contributed by atoms with Gasteiger partial charge in [0.05, 0.1) is 6.10 Å². The van der Waals surface area contributed by atoms with E-state index in [0.717, 1.165) is 19.5 Å². The summed E-state index contributed by atoms with van der Waals surface area (Å²) in [5, 5.41) is 13.1. The maximum absolute atomic E-state index is 9.72. The fourth-order valence-electron chi connectivity index (χ4n) is 1.56. The minimum atomic E-state index is -0.293. The second kappa shape index (κ2) is 5.97. The van der Waals surface area contributed by atoms with Crippen molar-refractivity contribution < 1.29 is 5.11 Å². The fourth-order valence-corrected chi connectivity index (χ4v) is 1.56. The molecule has 3 heteroatoms. The van der Waals surface area contributed by atoms with Crippen molar-refractivity contribution in [3.63, 3.8) is 0 Å². The molecule has 0 spiro atoms. The molecule has 0 aliphatic rings. The van der Waals surface area contributed by atoms with Gasteiger partial charge in [-0.25, -0.2) is 0 Å². The van der Waals surface area contributed by atoms with Gasteiger partial charge in [0.15, 0.2) is 0 Å². The number of hydrogen-bond acceptors (Lipinski definition) is 3. The van der Waals surface area contributed by atoms with Crippen LogP contribution in [0.5, 0.6) is 0 Å². The molecule has 0 aliphatic carbocycles. The first-order valence-corrected chi connectivity index (χ1v) is 5.86. The summed E-state index contributed by atoms with van der Waals surface area (Å²) in [5.41, 5.74) is 1.12. The normalized spacial score (nSPS) is 16.8. The van der Waals surface area contributed by atoms with Crippen molar-refractivity contribution >= 4 is 0 Å². The molecule has 1 aromatic heterocycles. The number of pyridine rings is 1. The summed E-state index contributed by atoms with van der Waals surface area (Å²) in [7, 11) is 0. The number of aliphatic hydroxyl groups excluding tert-OH is 1. The van der Waals surface area contributed by atoms with Gasteiger partial charge in [0.2, 0.25) is 0 Å². The van der Waals surface area contributed by atoms with E-state index in [1.807, 2.05) is 25.3 Å². The van der Waals surface area contributed by atoms with Crippen LogP contribution >= 0.6 is 0 Å². The van der Waals surface area contributed by atoms with E-state index in [0.29, 0.717) is 0 Å². The highest BCUT2D eigenvalue weighted by molar-refractivity contribution is 5.07. The Labute approximate surface area is 97.9 Å². The molecular formula is C13H22N2O. The summed E-state index contributed by atoms with van der Waals surface area (Å²) in [6, 6.07) is 3.98. The smallest absolute Gasteiger partial charge is 0.0577 e. The summed E-state index contributed by atoms with van der Waals surface area (Å²) in [4.78, 5) is 4.07. The van der Waals surface area contributed by atoms with Crippen LogP contribution in [0.2, 0.25) is 0 Å². The molecule has 2 unspecified atom stereocenters. The molecule has 2 N–H and O–H groups in total. The molecule has 0 bridgehead atoms. The molecule has 0 radical (unpaired) electrons. The molecule has 1 aromatic rings. The van der Waals surface area contributed by atoms with Gasteiger partial charge >= 0.3 is 0 Å². The Bertz CT molecular complexity index is 300. The summed E-state index contributed by atoms with van der Waals surface area (Å²) >= 11 is 0. The van der Waals surface area contributed by atoms with Gasteiger partial charge in [-0.3, -0.25) is 4.98 Å². The van der Waals surface area contributed by atoms with Crippen LogP contribution in [-0.4, -0.2) is 22.7 Å². The SMILES string of the molecule is CCC(C)(CNCc1cccnc1)C(C)O. The molecule has 1 rings (SSSR count). The Hall–Kier alpha value is -0.930. The fraction of sp³-hybridized carbons (Fsp3) is 0.615. The molecular weight excluding hydrogens is 200 g/mol. The molecule has 16 heavy (non-hydrogen) atoms. The third-order valence-electron chi connectivity index (χ3n) is 3.40. The van der Waals surface area contributed by atoms with Crippen LogP contribution in [0.25, 0.3) is 0 Å². The summed E-state index contributed by atoms with van der Waals surface area (Å²) in [6.07, 6.45) is 4.30. The molecule has 0 aliphatic heterocycles. The van der Waals surface area contributed by atoms with Crippen molar-refractivity contribution in [3.8, 4) is 0 Å². The van der Waals surface area contributed by atoms with Crippen molar-refractivity contribution in [2.75, 3.05) is 6.54 Å². The average molecular weight is 222 g/mol. The lowest BCUT2D eigenvalue weighted by atomic mass is 9.82. The average Bonchev–Trinajstić information content (AvgIpc) is 2.30. The molecule has 1 heterocycles. The lowest BCUT2D eigenvalue weighted by Crippen LogP contribution is -2.39. The van der Waals surface area contributed by atoms with E-state index in [2.05, 4.69) is 24.1 Å². The molecule has 0 amide bonds. The molecule has 0 saturated heterocycles. The molecule has 0 saturated carbocycles. The largest absolute Gasteiger partial charge is 0.393 e. The van der Waals surface area contributed by atoms with Crippen LogP contribution < -0.4 is 5.32 Å². The van der Waals surface area contributed by atoms with E-state index < -0.39 is 0 Å². The van der Waals surface area contributed by atoms with Gasteiger partial charge in [0.1, 0.15) is 0 Å². The van der Waals surface area contributed by atoms with Crippen molar-refractivity contribution in [3.05, 3.63) is 30.1 Å². The molecule has 90 valence electrons. The third kappa shape index (κ3) is 3.58. The zero-order valence-corrected chi connectivity index (χ0v) is 10.4. The Morgan fingerprint density at radius 1 is 1.56 bits per heavy atom. The quantitative estimate of drug-likeness (QED) is 0.773. The Morgan fingerprint density at radius 3 is 2.81 bits per heavy atom. The monoisotopic (exact) mass is 222 g/mol. The lowest BCUT2D eigenvalue weighted by Gasteiger charge is -2.31. The maximum atomic E-state index is 9.72. The number of aliphatic hydroxyl groups is 1. The van der Waals surface area contributed by atoms with Gasteiger partial charge in [-0.1, -0.05) is 19.9 Å². The van der Waals surface area contributed by atoms with Crippen LogP contribution in [-0.2, 0) is 6.54 Å². The molecule has 0 aromatic carbocycles. The first-order valence-electron chi connectivity index (χ1n) is 5.86. The van der Waals surface area contributed by atoms with E-state index in [1.165, 1.54) is 5.56 Å². The lowest BCUT2D eigenvalue weighted by molar-refractivity contribution is 0.0489. The highest BCUT2D eigenvalue weighted by Gasteiger charge is 2.27. The predicted octanol–water partition coefficient (Wildman–Crippen LogP) is 1.97. The topological polar surface area (TPSA) is 45.2 Å². The summed E-state index contributed by atoms with van der Waals surface area (Å²) in [6.45, 7) is 7.69. The number of nitrogens with one attached hydrogen (secondary N) is 1. The first kappa shape index (κ1) is 13.1. The van der Waals surface area contributed by atoms with E-state index in [1.54, 1.807) is 6.20 Å². The van der Waals surface area contributed by atoms with Crippen LogP contribution in [0.15, 0.2) is 24.5 Å². The Morgan fingerprint density at radius 2 is 2.31 bits per heavy atom. The van der Waals surface area contributed by atoms with Crippen LogP contribution in [0.1, 0.15) is 32.8 Å². The second-order valence-electron chi connectivity index (χ2n) is 4.65. The highest BCUT2D eigenvalue weighted by atomic mass is 16.3. The minimum Gasteiger partial charge on any atom is -0.393 e. The molecule has 0 fully saturated rings. The van der Waals surface area contributed by atoms with Gasteiger partial charge in [-0.2, -0.15) is 0 Å². The zero-order chi connectivity index (χ0) is 12.0. The van der Waals surface area contributed by atoms with Crippen molar-refractivity contribution in [1.82, 2.24) is 10.3 Å². The van der Waals surface area contributed by atoms with Gasteiger partial charge < -0.3 is 10.4 Å². The standard InChI is InChI=1S/C13H22N2O/c1-4-13(3,11(2)16)10-15-9-12-6-5-7-14-8-12/h5-8,11,15-16H,4,9-10H2,1-3H3. The Balaban J connectivity index is 2.40.